The monoisotopic (exact) mass is 316 g/mol. The zero-order chi connectivity index (χ0) is 16.2. The van der Waals surface area contributed by atoms with Crippen LogP contribution in [-0.4, -0.2) is 32.4 Å². The first-order valence-corrected chi connectivity index (χ1v) is 8.67. The van der Waals surface area contributed by atoms with E-state index in [4.69, 9.17) is 0 Å². The Morgan fingerprint density at radius 3 is 2.48 bits per heavy atom. The number of halogens is 1. The fourth-order valence-electron chi connectivity index (χ4n) is 2.00. The Bertz CT molecular complexity index is 588. The number of aryl methyl sites for hydroxylation is 1. The van der Waals surface area contributed by atoms with Crippen molar-refractivity contribution in [2.24, 2.45) is 0 Å². The van der Waals surface area contributed by atoms with Crippen LogP contribution in [0, 0.1) is 12.7 Å². The number of rotatable bonds is 7. The van der Waals surface area contributed by atoms with Crippen LogP contribution >= 0.6 is 0 Å². The van der Waals surface area contributed by atoms with Crippen LogP contribution in [0.1, 0.15) is 38.3 Å². The quantitative estimate of drug-likeness (QED) is 0.841. The molecule has 1 unspecified atom stereocenters. The molecule has 1 N–H and O–H groups in total. The standard InChI is InChI=1S/C15H25FN2O2S/c1-6-12(4)18(5)21(19,20)14-8-11(3)15(16)13(9-14)10-17-7-2/h8-9,12,17H,6-7,10H2,1-5H3. The van der Waals surface area contributed by atoms with E-state index in [1.165, 1.54) is 16.4 Å². The van der Waals surface area contributed by atoms with Crippen molar-refractivity contribution < 1.29 is 12.8 Å². The number of nitrogens with zero attached hydrogens (tertiary/aromatic N) is 1. The van der Waals surface area contributed by atoms with E-state index in [1.807, 2.05) is 20.8 Å². The lowest BCUT2D eigenvalue weighted by Gasteiger charge is -2.24. The smallest absolute Gasteiger partial charge is 0.243 e. The summed E-state index contributed by atoms with van der Waals surface area (Å²) >= 11 is 0. The minimum absolute atomic E-state index is 0.0995. The van der Waals surface area contributed by atoms with E-state index in [0.29, 0.717) is 24.2 Å². The van der Waals surface area contributed by atoms with Gasteiger partial charge in [-0.25, -0.2) is 12.8 Å². The van der Waals surface area contributed by atoms with Gasteiger partial charge in [-0.15, -0.1) is 0 Å². The van der Waals surface area contributed by atoms with E-state index in [-0.39, 0.29) is 16.8 Å². The van der Waals surface area contributed by atoms with E-state index in [1.54, 1.807) is 14.0 Å². The molecule has 6 heteroatoms. The average molecular weight is 316 g/mol. The molecule has 0 bridgehead atoms. The molecule has 4 nitrogen and oxygen atoms in total. The Balaban J connectivity index is 3.27. The van der Waals surface area contributed by atoms with E-state index in [9.17, 15) is 12.8 Å². The normalized spacial score (nSPS) is 13.7. The van der Waals surface area contributed by atoms with Gasteiger partial charge in [0.05, 0.1) is 4.90 Å². The van der Waals surface area contributed by atoms with Crippen molar-refractivity contribution in [2.45, 2.75) is 51.6 Å². The summed E-state index contributed by atoms with van der Waals surface area (Å²) in [5.41, 5.74) is 0.731. The number of nitrogens with one attached hydrogen (secondary N) is 1. The summed E-state index contributed by atoms with van der Waals surface area (Å²) in [6.07, 6.45) is 0.722. The summed E-state index contributed by atoms with van der Waals surface area (Å²) in [4.78, 5) is 0.150. The third-order valence-electron chi connectivity index (χ3n) is 3.76. The molecule has 0 saturated heterocycles. The van der Waals surface area contributed by atoms with Crippen LogP contribution < -0.4 is 5.32 Å². The van der Waals surface area contributed by atoms with E-state index in [2.05, 4.69) is 5.32 Å². The highest BCUT2D eigenvalue weighted by Crippen LogP contribution is 2.23. The Hall–Kier alpha value is -0.980. The highest BCUT2D eigenvalue weighted by atomic mass is 32.2. The van der Waals surface area contributed by atoms with Crippen molar-refractivity contribution >= 4 is 10.0 Å². The molecule has 0 heterocycles. The number of hydrogen-bond acceptors (Lipinski definition) is 3. The largest absolute Gasteiger partial charge is 0.313 e. The van der Waals surface area contributed by atoms with Crippen LogP contribution in [0.2, 0.25) is 0 Å². The molecule has 1 aromatic rings. The van der Waals surface area contributed by atoms with Crippen LogP contribution in [0.15, 0.2) is 17.0 Å². The van der Waals surface area contributed by atoms with Gasteiger partial charge in [0, 0.05) is 25.2 Å². The molecule has 0 aromatic heterocycles. The molecule has 0 aliphatic carbocycles. The molecular formula is C15H25FN2O2S. The first-order chi connectivity index (χ1) is 9.75. The maximum atomic E-state index is 14.1. The van der Waals surface area contributed by atoms with Gasteiger partial charge in [0.25, 0.3) is 0 Å². The second-order valence-electron chi connectivity index (χ2n) is 5.27. The predicted molar refractivity (Wildman–Crippen MR) is 83.2 cm³/mol. The summed E-state index contributed by atoms with van der Waals surface area (Å²) in [6, 6.07) is 2.73. The first-order valence-electron chi connectivity index (χ1n) is 7.23. The first kappa shape index (κ1) is 18.1. The molecule has 120 valence electrons. The maximum Gasteiger partial charge on any atom is 0.243 e. The van der Waals surface area contributed by atoms with E-state index >= 15 is 0 Å². The molecule has 1 aromatic carbocycles. The molecule has 0 amide bonds. The van der Waals surface area contributed by atoms with Gasteiger partial charge in [-0.3, -0.25) is 0 Å². The van der Waals surface area contributed by atoms with Gasteiger partial charge in [-0.2, -0.15) is 4.31 Å². The molecule has 0 spiro atoms. The van der Waals surface area contributed by atoms with Crippen LogP contribution in [0.5, 0.6) is 0 Å². The van der Waals surface area contributed by atoms with Gasteiger partial charge in [0.1, 0.15) is 5.82 Å². The predicted octanol–water partition coefficient (Wildman–Crippen LogP) is 2.66. The molecule has 1 rings (SSSR count). The lowest BCUT2D eigenvalue weighted by Crippen LogP contribution is -2.34. The van der Waals surface area contributed by atoms with Crippen molar-refractivity contribution in [3.05, 3.63) is 29.1 Å². The molecular weight excluding hydrogens is 291 g/mol. The van der Waals surface area contributed by atoms with E-state index in [0.717, 1.165) is 6.42 Å². The molecule has 0 radical (unpaired) electrons. The van der Waals surface area contributed by atoms with Crippen LogP contribution in [0.4, 0.5) is 4.39 Å². The second kappa shape index (κ2) is 7.33. The van der Waals surface area contributed by atoms with Crippen molar-refractivity contribution in [1.29, 1.82) is 0 Å². The zero-order valence-electron chi connectivity index (χ0n) is 13.4. The van der Waals surface area contributed by atoms with Crippen LogP contribution in [0.25, 0.3) is 0 Å². The number of sulfonamides is 1. The molecule has 0 fully saturated rings. The van der Waals surface area contributed by atoms with Gasteiger partial charge < -0.3 is 5.32 Å². The average Bonchev–Trinajstić information content (AvgIpc) is 2.46. The van der Waals surface area contributed by atoms with Gasteiger partial charge >= 0.3 is 0 Å². The van der Waals surface area contributed by atoms with Gasteiger partial charge in [0.15, 0.2) is 0 Å². The third-order valence-corrected chi connectivity index (χ3v) is 5.71. The SMILES string of the molecule is CCNCc1cc(S(=O)(=O)N(C)C(C)CC)cc(C)c1F. The van der Waals surface area contributed by atoms with E-state index < -0.39 is 10.0 Å². The van der Waals surface area contributed by atoms with Crippen LogP contribution in [0.3, 0.4) is 0 Å². The Morgan fingerprint density at radius 2 is 1.95 bits per heavy atom. The lowest BCUT2D eigenvalue weighted by atomic mass is 10.1. The minimum Gasteiger partial charge on any atom is -0.313 e. The number of benzene rings is 1. The Morgan fingerprint density at radius 1 is 1.33 bits per heavy atom. The Labute approximate surface area is 127 Å². The topological polar surface area (TPSA) is 49.4 Å². The molecule has 0 saturated carbocycles. The fraction of sp³-hybridized carbons (Fsp3) is 0.600. The van der Waals surface area contributed by atoms with Gasteiger partial charge in [-0.1, -0.05) is 13.8 Å². The van der Waals surface area contributed by atoms with Crippen molar-refractivity contribution in [3.8, 4) is 0 Å². The summed E-state index contributed by atoms with van der Waals surface area (Å²) in [5, 5.41) is 3.03. The molecule has 1 atom stereocenters. The van der Waals surface area contributed by atoms with Crippen molar-refractivity contribution in [1.82, 2.24) is 9.62 Å². The highest BCUT2D eigenvalue weighted by molar-refractivity contribution is 7.89. The minimum atomic E-state index is -3.60. The lowest BCUT2D eigenvalue weighted by molar-refractivity contribution is 0.380. The molecule has 0 aliphatic rings. The fourth-order valence-corrected chi connectivity index (χ4v) is 3.58. The van der Waals surface area contributed by atoms with Crippen LogP contribution in [-0.2, 0) is 16.6 Å². The van der Waals surface area contributed by atoms with Gasteiger partial charge in [-0.05, 0) is 44.5 Å². The zero-order valence-corrected chi connectivity index (χ0v) is 14.2. The summed E-state index contributed by atoms with van der Waals surface area (Å²) < 4.78 is 40.6. The highest BCUT2D eigenvalue weighted by Gasteiger charge is 2.26. The number of hydrogen-bond donors (Lipinski definition) is 1. The summed E-state index contributed by atoms with van der Waals surface area (Å²) in [7, 11) is -2.04. The molecule has 0 aliphatic heterocycles. The second-order valence-corrected chi connectivity index (χ2v) is 7.27. The molecule has 21 heavy (non-hydrogen) atoms. The van der Waals surface area contributed by atoms with Gasteiger partial charge in [0.2, 0.25) is 10.0 Å². The van der Waals surface area contributed by atoms with Crippen molar-refractivity contribution in [2.75, 3.05) is 13.6 Å². The summed E-state index contributed by atoms with van der Waals surface area (Å²) in [5.74, 6) is -0.346. The maximum absolute atomic E-state index is 14.1. The third kappa shape index (κ3) is 4.02. The Kier molecular flexibility index (Phi) is 6.31. The van der Waals surface area contributed by atoms with Crippen molar-refractivity contribution in [3.63, 3.8) is 0 Å². The summed E-state index contributed by atoms with van der Waals surface area (Å²) in [6.45, 7) is 8.31.